The van der Waals surface area contributed by atoms with E-state index in [-0.39, 0.29) is 29.8 Å². The number of nitrogens with zero attached hydrogens (tertiary/aromatic N) is 3. The summed E-state index contributed by atoms with van der Waals surface area (Å²) in [4.78, 5) is 33.3. The molecule has 1 fully saturated rings. The summed E-state index contributed by atoms with van der Waals surface area (Å²) in [6.07, 6.45) is 8.04. The lowest BCUT2D eigenvalue weighted by Gasteiger charge is -2.32. The first-order valence-electron chi connectivity index (χ1n) is 16.2. The second-order valence-corrected chi connectivity index (χ2v) is 11.1. The van der Waals surface area contributed by atoms with Gasteiger partial charge in [-0.3, -0.25) is 14.6 Å². The molecule has 9 nitrogen and oxygen atoms in total. The maximum Gasteiger partial charge on any atom is 0.251 e. The highest BCUT2D eigenvalue weighted by Gasteiger charge is 2.35. The average molecular weight is 566 g/mol. The number of pyridine rings is 1. The molecule has 1 aromatic carbocycles. The van der Waals surface area contributed by atoms with Crippen LogP contribution in [0.3, 0.4) is 0 Å². The summed E-state index contributed by atoms with van der Waals surface area (Å²) in [5, 5.41) is 9.75. The third kappa shape index (κ3) is 7.33. The number of hydrogen-bond donors (Lipinski definition) is 3. The van der Waals surface area contributed by atoms with Crippen LogP contribution in [0.15, 0.2) is 48.9 Å². The molecule has 2 aromatic heterocycles. The van der Waals surface area contributed by atoms with Crippen molar-refractivity contribution in [3.63, 3.8) is 0 Å². The Morgan fingerprint density at radius 3 is 2.85 bits per heavy atom. The largest absolute Gasteiger partial charge is 0.382 e. The van der Waals surface area contributed by atoms with Gasteiger partial charge < -0.3 is 30.2 Å². The van der Waals surface area contributed by atoms with Gasteiger partial charge in [-0.2, -0.15) is 0 Å². The zero-order chi connectivity index (χ0) is 31.9. The number of hydrogen-bond acceptors (Lipinski definition) is 6. The van der Waals surface area contributed by atoms with E-state index in [0.29, 0.717) is 38.4 Å². The number of fused-ring (bicyclic) bond motifs is 1. The summed E-state index contributed by atoms with van der Waals surface area (Å²) >= 11 is 0. The van der Waals surface area contributed by atoms with Crippen LogP contribution in [0.25, 0.3) is 16.6 Å². The van der Waals surface area contributed by atoms with Gasteiger partial charge in [0.25, 0.3) is 5.91 Å². The fourth-order valence-corrected chi connectivity index (χ4v) is 5.48. The van der Waals surface area contributed by atoms with Crippen molar-refractivity contribution in [2.45, 2.75) is 65.1 Å². The average Bonchev–Trinajstić information content (AvgIpc) is 3.64. The number of likely N-dealkylation sites (N-methyl/N-ethyl adjacent to an activating group) is 1. The maximum atomic E-state index is 13.8. The summed E-state index contributed by atoms with van der Waals surface area (Å²) in [6, 6.07) is 8.85. The Bertz CT molecular complexity index is 1410. The minimum absolute atomic E-state index is 0.0114. The molecule has 0 spiro atoms. The van der Waals surface area contributed by atoms with Crippen molar-refractivity contribution in [2.24, 2.45) is 5.92 Å². The minimum Gasteiger partial charge on any atom is -0.382 e. The predicted octanol–water partition coefficient (Wildman–Crippen LogP) is 4.07. The van der Waals surface area contributed by atoms with E-state index in [1.807, 2.05) is 66.9 Å². The zero-order valence-corrected chi connectivity index (χ0v) is 24.7. The molecule has 9 heteroatoms. The van der Waals surface area contributed by atoms with Crippen LogP contribution in [0, 0.1) is 5.92 Å². The molecule has 1 saturated heterocycles. The molecular formula is C32H46N6O3. The normalized spacial score (nSPS) is 18.2. The highest BCUT2D eigenvalue weighted by molar-refractivity contribution is 6.06. The van der Waals surface area contributed by atoms with E-state index < -0.39 is 13.0 Å². The number of ether oxygens (including phenoxy) is 1. The van der Waals surface area contributed by atoms with Gasteiger partial charge in [-0.25, -0.2) is 0 Å². The molecule has 2 amide bonds. The number of carbonyl (C=O) groups excluding carboxylic acids is 2. The SMILES string of the molecule is [2H]C([2H])([2H])N[C@@H](C)CN[C@H](C(=O)N1CCC[C@H]1c1cncc(-n2ccc3c(C(=O)NCCCOCC)cccc32)c1)C(C)C. The van der Waals surface area contributed by atoms with Crippen LogP contribution in [0.5, 0.6) is 0 Å². The van der Waals surface area contributed by atoms with Gasteiger partial charge in [-0.05, 0) is 75.8 Å². The van der Waals surface area contributed by atoms with Gasteiger partial charge in [0, 0.05) is 66.3 Å². The van der Waals surface area contributed by atoms with E-state index >= 15 is 0 Å². The Morgan fingerprint density at radius 1 is 1.22 bits per heavy atom. The van der Waals surface area contributed by atoms with E-state index in [1.165, 1.54) is 0 Å². The number of rotatable bonds is 14. The fraction of sp³-hybridized carbons (Fsp3) is 0.531. The molecule has 0 radical (unpaired) electrons. The second kappa shape index (κ2) is 14.6. The van der Waals surface area contributed by atoms with E-state index in [0.717, 1.165) is 41.4 Å². The minimum atomic E-state index is -2.24. The number of benzene rings is 1. The van der Waals surface area contributed by atoms with Crippen molar-refractivity contribution in [1.29, 1.82) is 0 Å². The van der Waals surface area contributed by atoms with Gasteiger partial charge in [0.15, 0.2) is 0 Å². The van der Waals surface area contributed by atoms with Crippen molar-refractivity contribution in [1.82, 2.24) is 30.4 Å². The smallest absolute Gasteiger partial charge is 0.251 e. The molecule has 1 aliphatic heterocycles. The molecule has 3 aromatic rings. The molecule has 4 rings (SSSR count). The van der Waals surface area contributed by atoms with Crippen LogP contribution in [-0.2, 0) is 9.53 Å². The van der Waals surface area contributed by atoms with Crippen molar-refractivity contribution >= 4 is 22.7 Å². The molecule has 3 atom stereocenters. The van der Waals surface area contributed by atoms with Crippen LogP contribution in [0.1, 0.15) is 73.0 Å². The highest BCUT2D eigenvalue weighted by Crippen LogP contribution is 2.34. The van der Waals surface area contributed by atoms with E-state index in [1.54, 1.807) is 13.1 Å². The van der Waals surface area contributed by atoms with Gasteiger partial charge in [-0.15, -0.1) is 0 Å². The summed E-state index contributed by atoms with van der Waals surface area (Å²) < 4.78 is 29.7. The summed E-state index contributed by atoms with van der Waals surface area (Å²) in [5.74, 6) is -0.0819. The van der Waals surface area contributed by atoms with Gasteiger partial charge in [0.2, 0.25) is 5.91 Å². The van der Waals surface area contributed by atoms with Gasteiger partial charge >= 0.3 is 0 Å². The van der Waals surface area contributed by atoms with Crippen molar-refractivity contribution in [3.8, 4) is 5.69 Å². The van der Waals surface area contributed by atoms with Crippen molar-refractivity contribution in [2.75, 3.05) is 39.8 Å². The number of likely N-dealkylation sites (tertiary alicyclic amines) is 1. The lowest BCUT2D eigenvalue weighted by molar-refractivity contribution is -0.135. The Kier molecular flexibility index (Phi) is 9.46. The topological polar surface area (TPSA) is 101 Å². The molecule has 3 N–H and O–H groups in total. The quantitative estimate of drug-likeness (QED) is 0.255. The van der Waals surface area contributed by atoms with Crippen molar-refractivity contribution in [3.05, 3.63) is 60.0 Å². The summed E-state index contributed by atoms with van der Waals surface area (Å²) in [7, 11) is 0. The predicted molar refractivity (Wildman–Crippen MR) is 163 cm³/mol. The van der Waals surface area contributed by atoms with Gasteiger partial charge in [0.05, 0.1) is 29.5 Å². The van der Waals surface area contributed by atoms with Gasteiger partial charge in [-0.1, -0.05) is 19.9 Å². The van der Waals surface area contributed by atoms with Crippen LogP contribution in [0.2, 0.25) is 0 Å². The Morgan fingerprint density at radius 2 is 2.07 bits per heavy atom. The zero-order valence-electron chi connectivity index (χ0n) is 27.7. The molecule has 0 saturated carbocycles. The lowest BCUT2D eigenvalue weighted by Crippen LogP contribution is -2.51. The fourth-order valence-electron chi connectivity index (χ4n) is 5.48. The van der Waals surface area contributed by atoms with E-state index in [4.69, 9.17) is 8.85 Å². The Hall–Kier alpha value is -3.27. The Balaban J connectivity index is 1.51. The van der Waals surface area contributed by atoms with Crippen LogP contribution < -0.4 is 16.0 Å². The van der Waals surface area contributed by atoms with Crippen LogP contribution in [0.4, 0.5) is 0 Å². The molecular weight excluding hydrogens is 516 g/mol. The molecule has 41 heavy (non-hydrogen) atoms. The van der Waals surface area contributed by atoms with Crippen molar-refractivity contribution < 1.29 is 18.4 Å². The van der Waals surface area contributed by atoms with Crippen LogP contribution in [-0.4, -0.2) is 78.2 Å². The summed E-state index contributed by atoms with van der Waals surface area (Å²) in [5.41, 5.74) is 3.33. The first kappa shape index (κ1) is 26.6. The maximum absolute atomic E-state index is 13.8. The first-order chi connectivity index (χ1) is 21.0. The summed E-state index contributed by atoms with van der Waals surface area (Å²) in [6.45, 7) is 8.33. The molecule has 0 bridgehead atoms. The Labute approximate surface area is 248 Å². The third-order valence-corrected chi connectivity index (χ3v) is 7.70. The number of amides is 2. The number of carbonyl (C=O) groups is 2. The standard InChI is InChI=1S/C32H46N6O3/c1-6-41-17-9-14-35-31(39)27-10-7-11-29-26(27)13-16-37(29)25-18-24(20-34-21-25)28-12-8-15-38(28)32(40)30(22(2)3)36-19-23(4)33-5/h7,10-11,13,16,18,20-23,28,30,33,36H,6,8-9,12,14-15,17,19H2,1-5H3,(H,35,39)/t23-,28-,30-/m0/s1/i5D3. The monoisotopic (exact) mass is 565 g/mol. The highest BCUT2D eigenvalue weighted by atomic mass is 16.5. The van der Waals surface area contributed by atoms with Crippen LogP contribution >= 0.6 is 0 Å². The third-order valence-electron chi connectivity index (χ3n) is 7.70. The molecule has 3 heterocycles. The van der Waals surface area contributed by atoms with E-state index in [9.17, 15) is 9.59 Å². The number of nitrogens with one attached hydrogen (secondary N) is 3. The second-order valence-electron chi connectivity index (χ2n) is 11.1. The lowest BCUT2D eigenvalue weighted by atomic mass is 10.0. The van der Waals surface area contributed by atoms with Gasteiger partial charge in [0.1, 0.15) is 0 Å². The molecule has 0 aliphatic carbocycles. The molecule has 0 unspecified atom stereocenters. The number of aromatic nitrogens is 2. The molecule has 222 valence electrons. The molecule has 1 aliphatic rings. The van der Waals surface area contributed by atoms with E-state index in [2.05, 4.69) is 27.0 Å². The first-order valence-corrected chi connectivity index (χ1v) is 14.7.